The van der Waals surface area contributed by atoms with E-state index in [9.17, 15) is 0 Å². The summed E-state index contributed by atoms with van der Waals surface area (Å²) in [4.78, 5) is 11.9. The van der Waals surface area contributed by atoms with Gasteiger partial charge in [-0.1, -0.05) is 26.0 Å². The number of nitrogens with one attached hydrogen (secondary N) is 2. The molecule has 0 bridgehead atoms. The number of nitrogens with zero attached hydrogens (tertiary/aromatic N) is 4. The Morgan fingerprint density at radius 1 is 1.16 bits per heavy atom. The van der Waals surface area contributed by atoms with Crippen molar-refractivity contribution in [3.8, 4) is 5.75 Å². The van der Waals surface area contributed by atoms with Gasteiger partial charge in [0, 0.05) is 32.0 Å². The number of aliphatic imine (C=N–C) groups is 1. The van der Waals surface area contributed by atoms with Gasteiger partial charge in [-0.2, -0.15) is 0 Å². The second-order valence-electron chi connectivity index (χ2n) is 8.50. The Hall–Kier alpha value is -1.81. The molecule has 1 aliphatic heterocycles. The zero-order valence-electron chi connectivity index (χ0n) is 19.9. The molecule has 2 N–H and O–H groups in total. The van der Waals surface area contributed by atoms with Crippen molar-refractivity contribution in [3.63, 3.8) is 0 Å². The summed E-state index contributed by atoms with van der Waals surface area (Å²) in [5.74, 6) is 3.30. The highest BCUT2D eigenvalue weighted by atomic mass is 127. The standard InChI is InChI=1S/C24H38N6O.HI/c1-5-25-24(28-17-23-26-12-15-30(23)18-19(2)3)27-16-22(29-13-6-7-14-29)20-8-10-21(31-4)11-9-20;/h8-12,15,19,22H,5-7,13-14,16-18H2,1-4H3,(H2,25,27,28);1H. The van der Waals surface area contributed by atoms with E-state index in [1.807, 2.05) is 24.5 Å². The Labute approximate surface area is 210 Å². The van der Waals surface area contributed by atoms with E-state index < -0.39 is 0 Å². The molecule has 0 amide bonds. The van der Waals surface area contributed by atoms with E-state index in [0.29, 0.717) is 18.5 Å². The summed E-state index contributed by atoms with van der Waals surface area (Å²) in [7, 11) is 1.71. The molecule has 1 atom stereocenters. The van der Waals surface area contributed by atoms with Crippen LogP contribution in [0, 0.1) is 5.92 Å². The van der Waals surface area contributed by atoms with Gasteiger partial charge >= 0.3 is 0 Å². The molecular formula is C24H39IN6O. The van der Waals surface area contributed by atoms with Gasteiger partial charge in [-0.15, -0.1) is 24.0 Å². The molecule has 3 rings (SSSR count). The van der Waals surface area contributed by atoms with Gasteiger partial charge in [0.05, 0.1) is 13.2 Å². The molecule has 0 radical (unpaired) electrons. The number of guanidine groups is 1. The number of imidazole rings is 1. The number of rotatable bonds is 10. The fraction of sp³-hybridized carbons (Fsp3) is 0.583. The molecule has 1 unspecified atom stereocenters. The molecule has 32 heavy (non-hydrogen) atoms. The highest BCUT2D eigenvalue weighted by Gasteiger charge is 2.23. The highest BCUT2D eigenvalue weighted by Crippen LogP contribution is 2.26. The van der Waals surface area contributed by atoms with Gasteiger partial charge < -0.3 is 19.9 Å². The topological polar surface area (TPSA) is 66.7 Å². The third kappa shape index (κ3) is 7.65. The minimum atomic E-state index is 0. The molecule has 1 aromatic carbocycles. The number of aromatic nitrogens is 2. The quantitative estimate of drug-likeness (QED) is 0.264. The van der Waals surface area contributed by atoms with Crippen molar-refractivity contribution >= 4 is 29.9 Å². The third-order valence-electron chi connectivity index (χ3n) is 5.63. The molecule has 8 heteroatoms. The lowest BCUT2D eigenvalue weighted by atomic mass is 10.1. The summed E-state index contributed by atoms with van der Waals surface area (Å²) in [6.07, 6.45) is 6.43. The Balaban J connectivity index is 0.00000363. The lowest BCUT2D eigenvalue weighted by Gasteiger charge is -2.29. The molecule has 1 aliphatic rings. The van der Waals surface area contributed by atoms with Crippen molar-refractivity contribution in [2.75, 3.05) is 33.3 Å². The van der Waals surface area contributed by atoms with Crippen LogP contribution in [0.15, 0.2) is 41.7 Å². The van der Waals surface area contributed by atoms with Gasteiger partial charge in [0.1, 0.15) is 18.1 Å². The maximum Gasteiger partial charge on any atom is 0.191 e. The van der Waals surface area contributed by atoms with E-state index in [-0.39, 0.29) is 24.0 Å². The maximum atomic E-state index is 5.34. The van der Waals surface area contributed by atoms with Crippen LogP contribution in [-0.4, -0.2) is 53.7 Å². The first-order valence-corrected chi connectivity index (χ1v) is 11.5. The number of methoxy groups -OCH3 is 1. The van der Waals surface area contributed by atoms with Crippen LogP contribution in [0.2, 0.25) is 0 Å². The molecule has 178 valence electrons. The van der Waals surface area contributed by atoms with Crippen LogP contribution in [-0.2, 0) is 13.1 Å². The van der Waals surface area contributed by atoms with Gasteiger partial charge in [0.2, 0.25) is 0 Å². The van der Waals surface area contributed by atoms with Gasteiger partial charge in [0.15, 0.2) is 5.96 Å². The van der Waals surface area contributed by atoms with Gasteiger partial charge in [0.25, 0.3) is 0 Å². The van der Waals surface area contributed by atoms with Crippen molar-refractivity contribution in [1.82, 2.24) is 25.1 Å². The van der Waals surface area contributed by atoms with Crippen LogP contribution in [0.1, 0.15) is 51.0 Å². The first-order chi connectivity index (χ1) is 15.1. The lowest BCUT2D eigenvalue weighted by molar-refractivity contribution is 0.245. The predicted octanol–water partition coefficient (Wildman–Crippen LogP) is 4.06. The van der Waals surface area contributed by atoms with E-state index >= 15 is 0 Å². The van der Waals surface area contributed by atoms with E-state index in [1.54, 1.807) is 7.11 Å². The Morgan fingerprint density at radius 2 is 1.88 bits per heavy atom. The normalized spacial score (nSPS) is 15.5. The van der Waals surface area contributed by atoms with Crippen LogP contribution in [0.3, 0.4) is 0 Å². The SMILES string of the molecule is CCNC(=NCc1nccn1CC(C)C)NCC(c1ccc(OC)cc1)N1CCCC1.I. The summed E-state index contributed by atoms with van der Waals surface area (Å²) < 4.78 is 7.54. The smallest absolute Gasteiger partial charge is 0.191 e. The minimum absolute atomic E-state index is 0. The van der Waals surface area contributed by atoms with Crippen molar-refractivity contribution in [3.05, 3.63) is 48.0 Å². The van der Waals surface area contributed by atoms with Crippen LogP contribution < -0.4 is 15.4 Å². The number of hydrogen-bond donors (Lipinski definition) is 2. The first-order valence-electron chi connectivity index (χ1n) is 11.5. The largest absolute Gasteiger partial charge is 0.497 e. The van der Waals surface area contributed by atoms with Crippen LogP contribution >= 0.6 is 24.0 Å². The summed E-state index contributed by atoms with van der Waals surface area (Å²) in [6, 6.07) is 8.76. The van der Waals surface area contributed by atoms with Crippen molar-refractivity contribution in [2.24, 2.45) is 10.9 Å². The summed E-state index contributed by atoms with van der Waals surface area (Å²) in [6.45, 7) is 12.0. The third-order valence-corrected chi connectivity index (χ3v) is 5.63. The summed E-state index contributed by atoms with van der Waals surface area (Å²) in [5.41, 5.74) is 1.30. The van der Waals surface area contributed by atoms with Crippen molar-refractivity contribution < 1.29 is 4.74 Å². The van der Waals surface area contributed by atoms with Crippen LogP contribution in [0.4, 0.5) is 0 Å². The molecule has 7 nitrogen and oxygen atoms in total. The van der Waals surface area contributed by atoms with E-state index in [0.717, 1.165) is 50.3 Å². The van der Waals surface area contributed by atoms with Gasteiger partial charge in [-0.3, -0.25) is 4.90 Å². The van der Waals surface area contributed by atoms with Gasteiger partial charge in [-0.25, -0.2) is 9.98 Å². The Bertz CT molecular complexity index is 814. The minimum Gasteiger partial charge on any atom is -0.497 e. The maximum absolute atomic E-state index is 5.34. The fourth-order valence-corrected chi connectivity index (χ4v) is 4.07. The molecular weight excluding hydrogens is 515 g/mol. The van der Waals surface area contributed by atoms with Crippen molar-refractivity contribution in [2.45, 2.75) is 52.7 Å². The molecule has 1 aromatic heterocycles. The van der Waals surface area contributed by atoms with E-state index in [4.69, 9.17) is 9.73 Å². The molecule has 0 saturated carbocycles. The van der Waals surface area contributed by atoms with Crippen molar-refractivity contribution in [1.29, 1.82) is 0 Å². The number of halogens is 1. The molecule has 1 fully saturated rings. The molecule has 2 aromatic rings. The van der Waals surface area contributed by atoms with E-state index in [1.165, 1.54) is 18.4 Å². The van der Waals surface area contributed by atoms with E-state index in [2.05, 4.69) is 58.0 Å². The number of likely N-dealkylation sites (tertiary alicyclic amines) is 1. The molecule has 1 saturated heterocycles. The second kappa shape index (κ2) is 13.7. The number of hydrogen-bond acceptors (Lipinski definition) is 4. The Morgan fingerprint density at radius 3 is 2.50 bits per heavy atom. The number of benzene rings is 1. The first kappa shape index (κ1) is 26.4. The molecule has 0 spiro atoms. The molecule has 2 heterocycles. The average molecular weight is 555 g/mol. The monoisotopic (exact) mass is 554 g/mol. The van der Waals surface area contributed by atoms with Crippen LogP contribution in [0.25, 0.3) is 0 Å². The molecule has 0 aliphatic carbocycles. The lowest BCUT2D eigenvalue weighted by Crippen LogP contribution is -2.42. The zero-order chi connectivity index (χ0) is 22.1. The summed E-state index contributed by atoms with van der Waals surface area (Å²) in [5, 5.41) is 6.96. The number of ether oxygens (including phenoxy) is 1. The second-order valence-corrected chi connectivity index (χ2v) is 8.50. The fourth-order valence-electron chi connectivity index (χ4n) is 4.07. The van der Waals surface area contributed by atoms with Crippen LogP contribution in [0.5, 0.6) is 5.75 Å². The Kier molecular flexibility index (Phi) is 11.3. The highest BCUT2D eigenvalue weighted by molar-refractivity contribution is 14.0. The van der Waals surface area contributed by atoms with Gasteiger partial charge in [-0.05, 0) is 56.5 Å². The predicted molar refractivity (Wildman–Crippen MR) is 142 cm³/mol. The zero-order valence-corrected chi connectivity index (χ0v) is 22.2. The summed E-state index contributed by atoms with van der Waals surface area (Å²) >= 11 is 0. The average Bonchev–Trinajstić information content (AvgIpc) is 3.44.